The average Bonchev–Trinajstić information content (AvgIpc) is 2.71. The molecule has 3 atom stereocenters. The number of ether oxygens (including phenoxy) is 2. The Morgan fingerprint density at radius 1 is 1.07 bits per heavy atom. The minimum atomic E-state index is 0.433. The van der Waals surface area contributed by atoms with Crippen LogP contribution in [0, 0.1) is 0 Å². The fraction of sp³-hybridized carbons (Fsp3) is 1.00. The summed E-state index contributed by atoms with van der Waals surface area (Å²) in [6.45, 7) is 2.15. The fourth-order valence-electron chi connectivity index (χ4n) is 2.46. The number of methoxy groups -OCH3 is 1. The largest absolute Gasteiger partial charge is 0.381 e. The Bertz CT molecular complexity index is 169. The van der Waals surface area contributed by atoms with Crippen molar-refractivity contribution in [1.82, 2.24) is 5.32 Å². The molecule has 0 spiro atoms. The van der Waals surface area contributed by atoms with Crippen LogP contribution in [0.4, 0.5) is 0 Å². The van der Waals surface area contributed by atoms with E-state index in [0.717, 1.165) is 19.5 Å². The van der Waals surface area contributed by atoms with Crippen LogP contribution < -0.4 is 5.32 Å². The Hall–Kier alpha value is -0.120. The third kappa shape index (κ3) is 2.69. The maximum atomic E-state index is 6.04. The lowest BCUT2D eigenvalue weighted by Crippen LogP contribution is -2.31. The highest BCUT2D eigenvalue weighted by atomic mass is 16.5. The predicted octanol–water partition coefficient (Wildman–Crippen LogP) is 1.32. The summed E-state index contributed by atoms with van der Waals surface area (Å²) >= 11 is 0. The molecular formula is C11H21NO2. The average molecular weight is 199 g/mol. The SMILES string of the molecule is COC1CCCC(O[C@@H]2CCNC2)C1. The molecular weight excluding hydrogens is 178 g/mol. The molecule has 1 saturated carbocycles. The zero-order valence-corrected chi connectivity index (χ0v) is 9.00. The van der Waals surface area contributed by atoms with Crippen molar-refractivity contribution < 1.29 is 9.47 Å². The third-order valence-corrected chi connectivity index (χ3v) is 3.31. The van der Waals surface area contributed by atoms with Gasteiger partial charge in [0.25, 0.3) is 0 Å². The summed E-state index contributed by atoms with van der Waals surface area (Å²) in [5.41, 5.74) is 0. The van der Waals surface area contributed by atoms with E-state index in [0.29, 0.717) is 18.3 Å². The Labute approximate surface area is 86.2 Å². The minimum Gasteiger partial charge on any atom is -0.381 e. The van der Waals surface area contributed by atoms with Gasteiger partial charge >= 0.3 is 0 Å². The molecule has 1 saturated heterocycles. The van der Waals surface area contributed by atoms with Crippen molar-refractivity contribution in [1.29, 1.82) is 0 Å². The molecule has 0 radical (unpaired) electrons. The van der Waals surface area contributed by atoms with Gasteiger partial charge in [0.1, 0.15) is 0 Å². The third-order valence-electron chi connectivity index (χ3n) is 3.31. The van der Waals surface area contributed by atoms with Gasteiger partial charge in [-0.25, -0.2) is 0 Å². The van der Waals surface area contributed by atoms with Crippen LogP contribution in [0.25, 0.3) is 0 Å². The summed E-state index contributed by atoms with van der Waals surface area (Å²) in [5.74, 6) is 0. The molecule has 14 heavy (non-hydrogen) atoms. The smallest absolute Gasteiger partial charge is 0.0715 e. The second-order valence-corrected chi connectivity index (χ2v) is 4.40. The highest BCUT2D eigenvalue weighted by molar-refractivity contribution is 4.78. The van der Waals surface area contributed by atoms with Crippen molar-refractivity contribution in [3.05, 3.63) is 0 Å². The fourth-order valence-corrected chi connectivity index (χ4v) is 2.46. The first-order chi connectivity index (χ1) is 6.88. The number of rotatable bonds is 3. The Morgan fingerprint density at radius 2 is 1.93 bits per heavy atom. The van der Waals surface area contributed by atoms with Crippen molar-refractivity contribution >= 4 is 0 Å². The van der Waals surface area contributed by atoms with Crippen molar-refractivity contribution in [2.45, 2.75) is 50.4 Å². The number of hydrogen-bond acceptors (Lipinski definition) is 3. The van der Waals surface area contributed by atoms with E-state index < -0.39 is 0 Å². The standard InChI is InChI=1S/C11H21NO2/c1-13-9-3-2-4-10(7-9)14-11-5-6-12-8-11/h9-12H,2-8H2,1H3/t9?,10?,11-/m1/s1. The van der Waals surface area contributed by atoms with E-state index in [2.05, 4.69) is 5.32 Å². The summed E-state index contributed by atoms with van der Waals surface area (Å²) in [4.78, 5) is 0. The van der Waals surface area contributed by atoms with Gasteiger partial charge in [-0.15, -0.1) is 0 Å². The molecule has 1 aliphatic carbocycles. The summed E-state index contributed by atoms with van der Waals surface area (Å²) in [6.07, 6.45) is 7.28. The van der Waals surface area contributed by atoms with Crippen LogP contribution in [0.1, 0.15) is 32.1 Å². The molecule has 3 nitrogen and oxygen atoms in total. The van der Waals surface area contributed by atoms with Gasteiger partial charge in [-0.3, -0.25) is 0 Å². The molecule has 1 N–H and O–H groups in total. The zero-order chi connectivity index (χ0) is 9.80. The molecule has 0 bridgehead atoms. The van der Waals surface area contributed by atoms with E-state index in [1.807, 2.05) is 7.11 Å². The molecule has 2 aliphatic rings. The van der Waals surface area contributed by atoms with Crippen molar-refractivity contribution in [3.63, 3.8) is 0 Å². The summed E-state index contributed by atoms with van der Waals surface area (Å²) < 4.78 is 11.4. The molecule has 3 heteroatoms. The molecule has 82 valence electrons. The van der Waals surface area contributed by atoms with Gasteiger partial charge in [-0.2, -0.15) is 0 Å². The molecule has 0 aromatic heterocycles. The van der Waals surface area contributed by atoms with Crippen LogP contribution in [-0.4, -0.2) is 38.5 Å². The first kappa shape index (κ1) is 10.4. The first-order valence-corrected chi connectivity index (χ1v) is 5.77. The van der Waals surface area contributed by atoms with E-state index in [1.165, 1.54) is 25.7 Å². The van der Waals surface area contributed by atoms with Gasteiger partial charge in [0, 0.05) is 13.7 Å². The Kier molecular flexibility index (Phi) is 3.79. The molecule has 1 heterocycles. The van der Waals surface area contributed by atoms with Crippen molar-refractivity contribution in [2.24, 2.45) is 0 Å². The molecule has 0 aromatic carbocycles. The summed E-state index contributed by atoms with van der Waals surface area (Å²) in [5, 5.41) is 3.33. The van der Waals surface area contributed by atoms with Crippen molar-refractivity contribution in [2.75, 3.05) is 20.2 Å². The normalized spacial score (nSPS) is 38.8. The van der Waals surface area contributed by atoms with Gasteiger partial charge < -0.3 is 14.8 Å². The lowest BCUT2D eigenvalue weighted by Gasteiger charge is -2.30. The van der Waals surface area contributed by atoms with Crippen LogP contribution >= 0.6 is 0 Å². The van der Waals surface area contributed by atoms with Crippen LogP contribution in [0.3, 0.4) is 0 Å². The van der Waals surface area contributed by atoms with Gasteiger partial charge in [0.15, 0.2) is 0 Å². The molecule has 2 rings (SSSR count). The van der Waals surface area contributed by atoms with Crippen molar-refractivity contribution in [3.8, 4) is 0 Å². The Balaban J connectivity index is 1.73. The van der Waals surface area contributed by atoms with E-state index in [4.69, 9.17) is 9.47 Å². The lowest BCUT2D eigenvalue weighted by atomic mass is 9.95. The van der Waals surface area contributed by atoms with Crippen LogP contribution in [0.2, 0.25) is 0 Å². The van der Waals surface area contributed by atoms with E-state index in [1.54, 1.807) is 0 Å². The molecule has 2 fully saturated rings. The lowest BCUT2D eigenvalue weighted by molar-refractivity contribution is -0.0581. The maximum Gasteiger partial charge on any atom is 0.0715 e. The molecule has 0 aromatic rings. The topological polar surface area (TPSA) is 30.5 Å². The quantitative estimate of drug-likeness (QED) is 0.743. The summed E-state index contributed by atoms with van der Waals surface area (Å²) in [6, 6.07) is 0. The second kappa shape index (κ2) is 5.10. The first-order valence-electron chi connectivity index (χ1n) is 5.77. The van der Waals surface area contributed by atoms with Crippen LogP contribution in [0.15, 0.2) is 0 Å². The number of nitrogens with one attached hydrogen (secondary N) is 1. The minimum absolute atomic E-state index is 0.433. The highest BCUT2D eigenvalue weighted by Gasteiger charge is 2.26. The Morgan fingerprint density at radius 3 is 2.64 bits per heavy atom. The molecule has 2 unspecified atom stereocenters. The van der Waals surface area contributed by atoms with E-state index in [-0.39, 0.29) is 0 Å². The second-order valence-electron chi connectivity index (χ2n) is 4.40. The maximum absolute atomic E-state index is 6.04. The van der Waals surface area contributed by atoms with Gasteiger partial charge in [0.05, 0.1) is 18.3 Å². The van der Waals surface area contributed by atoms with Crippen LogP contribution in [-0.2, 0) is 9.47 Å². The number of hydrogen-bond donors (Lipinski definition) is 1. The van der Waals surface area contributed by atoms with E-state index >= 15 is 0 Å². The van der Waals surface area contributed by atoms with Gasteiger partial charge in [0.2, 0.25) is 0 Å². The monoisotopic (exact) mass is 199 g/mol. The highest BCUT2D eigenvalue weighted by Crippen LogP contribution is 2.24. The summed E-state index contributed by atoms with van der Waals surface area (Å²) in [7, 11) is 1.81. The van der Waals surface area contributed by atoms with E-state index in [9.17, 15) is 0 Å². The molecule has 0 amide bonds. The zero-order valence-electron chi connectivity index (χ0n) is 9.00. The predicted molar refractivity (Wildman–Crippen MR) is 55.4 cm³/mol. The van der Waals surface area contributed by atoms with Gasteiger partial charge in [-0.1, -0.05) is 0 Å². The molecule has 1 aliphatic heterocycles. The van der Waals surface area contributed by atoms with Gasteiger partial charge in [-0.05, 0) is 38.6 Å². The van der Waals surface area contributed by atoms with Crippen LogP contribution in [0.5, 0.6) is 0 Å².